The van der Waals surface area contributed by atoms with Gasteiger partial charge in [0.15, 0.2) is 11.5 Å². The molecular formula is C31H29FN4O3. The van der Waals surface area contributed by atoms with Crippen LogP contribution >= 0.6 is 0 Å². The SMILES string of the molecule is COc1ccc(Cn2cnc3c(cc(N4CCN(c5ccc(F)cc5)CC4)c4ccccc43)c2=O)cc1OC. The number of aromatic nitrogens is 2. The van der Waals surface area contributed by atoms with E-state index in [9.17, 15) is 9.18 Å². The lowest BCUT2D eigenvalue weighted by Gasteiger charge is -2.38. The Kier molecular flexibility index (Phi) is 6.52. The Hall–Kier alpha value is -4.59. The van der Waals surface area contributed by atoms with Gasteiger partial charge in [-0.05, 0) is 48.0 Å². The third kappa shape index (κ3) is 4.63. The Morgan fingerprint density at radius 3 is 2.21 bits per heavy atom. The Balaban J connectivity index is 1.36. The van der Waals surface area contributed by atoms with E-state index >= 15 is 0 Å². The molecule has 4 aromatic carbocycles. The highest BCUT2D eigenvalue weighted by molar-refractivity contribution is 6.11. The van der Waals surface area contributed by atoms with Gasteiger partial charge < -0.3 is 19.3 Å². The lowest BCUT2D eigenvalue weighted by atomic mass is 10.0. The lowest BCUT2D eigenvalue weighted by molar-refractivity contribution is 0.354. The van der Waals surface area contributed by atoms with Crippen LogP contribution in [0.4, 0.5) is 15.8 Å². The standard InChI is InChI=1S/C31H29FN4O3/c1-38-28-12-7-21(17-29(28)39-2)19-36-20-33-30-25-6-4-3-5-24(25)27(18-26(30)31(36)37)35-15-13-34(14-16-35)23-10-8-22(32)9-11-23/h3-12,17-18,20H,13-16,19H2,1-2H3. The van der Waals surface area contributed by atoms with Gasteiger partial charge in [-0.2, -0.15) is 0 Å². The summed E-state index contributed by atoms with van der Waals surface area (Å²) in [4.78, 5) is 23.1. The van der Waals surface area contributed by atoms with Gasteiger partial charge in [0.1, 0.15) is 5.82 Å². The van der Waals surface area contributed by atoms with Crippen molar-refractivity contribution < 1.29 is 13.9 Å². The van der Waals surface area contributed by atoms with E-state index in [-0.39, 0.29) is 11.4 Å². The van der Waals surface area contributed by atoms with Crippen molar-refractivity contribution in [3.8, 4) is 11.5 Å². The Morgan fingerprint density at radius 2 is 1.49 bits per heavy atom. The van der Waals surface area contributed by atoms with Crippen molar-refractivity contribution >= 4 is 33.1 Å². The van der Waals surface area contributed by atoms with E-state index < -0.39 is 0 Å². The number of hydrogen-bond acceptors (Lipinski definition) is 6. The molecule has 1 aliphatic heterocycles. The molecule has 1 aromatic heterocycles. The van der Waals surface area contributed by atoms with Crippen LogP contribution in [0, 0.1) is 5.82 Å². The number of nitrogens with zero attached hydrogens (tertiary/aromatic N) is 4. The van der Waals surface area contributed by atoms with E-state index in [4.69, 9.17) is 14.5 Å². The quantitative estimate of drug-likeness (QED) is 0.289. The zero-order valence-corrected chi connectivity index (χ0v) is 21.9. The van der Waals surface area contributed by atoms with Crippen molar-refractivity contribution in [2.75, 3.05) is 50.2 Å². The maximum Gasteiger partial charge on any atom is 0.261 e. The number of rotatable bonds is 6. The molecule has 0 atom stereocenters. The van der Waals surface area contributed by atoms with Crippen molar-refractivity contribution in [1.29, 1.82) is 0 Å². The molecule has 1 saturated heterocycles. The van der Waals surface area contributed by atoms with Crippen LogP contribution in [0.5, 0.6) is 11.5 Å². The first-order chi connectivity index (χ1) is 19.1. The highest BCUT2D eigenvalue weighted by Gasteiger charge is 2.21. The first kappa shape index (κ1) is 24.7. The number of benzene rings is 4. The molecule has 0 N–H and O–H groups in total. The van der Waals surface area contributed by atoms with Gasteiger partial charge in [0.25, 0.3) is 5.56 Å². The summed E-state index contributed by atoms with van der Waals surface area (Å²) >= 11 is 0. The van der Waals surface area contributed by atoms with Crippen LogP contribution in [-0.2, 0) is 6.54 Å². The summed E-state index contributed by atoms with van der Waals surface area (Å²) < 4.78 is 25.8. The molecule has 0 saturated carbocycles. The fraction of sp³-hybridized carbons (Fsp3) is 0.226. The summed E-state index contributed by atoms with van der Waals surface area (Å²) in [5, 5.41) is 2.62. The summed E-state index contributed by atoms with van der Waals surface area (Å²) in [6, 6.07) is 22.4. The average Bonchev–Trinajstić information content (AvgIpc) is 2.98. The van der Waals surface area contributed by atoms with Crippen molar-refractivity contribution in [2.45, 2.75) is 6.54 Å². The minimum Gasteiger partial charge on any atom is -0.493 e. The van der Waals surface area contributed by atoms with E-state index in [0.29, 0.717) is 28.9 Å². The number of fused-ring (bicyclic) bond motifs is 3. The number of piperazine rings is 1. The molecule has 8 heteroatoms. The van der Waals surface area contributed by atoms with Gasteiger partial charge in [-0.15, -0.1) is 0 Å². The Morgan fingerprint density at radius 1 is 0.795 bits per heavy atom. The summed E-state index contributed by atoms with van der Waals surface area (Å²) in [7, 11) is 3.19. The van der Waals surface area contributed by atoms with Crippen LogP contribution in [0.25, 0.3) is 21.7 Å². The van der Waals surface area contributed by atoms with Crippen LogP contribution in [0.15, 0.2) is 83.9 Å². The molecule has 0 aliphatic carbocycles. The Bertz CT molecular complexity index is 1710. The highest BCUT2D eigenvalue weighted by Crippen LogP contribution is 2.33. The second-order valence-corrected chi connectivity index (χ2v) is 9.65. The van der Waals surface area contributed by atoms with Gasteiger partial charge in [-0.25, -0.2) is 9.37 Å². The molecule has 0 spiro atoms. The summed E-state index contributed by atoms with van der Waals surface area (Å²) in [6.45, 7) is 3.53. The average molecular weight is 525 g/mol. The van der Waals surface area contributed by atoms with Crippen LogP contribution in [0.1, 0.15) is 5.56 Å². The van der Waals surface area contributed by atoms with Crippen LogP contribution < -0.4 is 24.8 Å². The molecule has 0 unspecified atom stereocenters. The van der Waals surface area contributed by atoms with Crippen molar-refractivity contribution in [2.24, 2.45) is 0 Å². The summed E-state index contributed by atoms with van der Waals surface area (Å²) in [6.07, 6.45) is 1.62. The van der Waals surface area contributed by atoms with E-state index in [2.05, 4.69) is 15.9 Å². The van der Waals surface area contributed by atoms with Gasteiger partial charge in [-0.1, -0.05) is 30.3 Å². The molecule has 1 aliphatic rings. The van der Waals surface area contributed by atoms with Gasteiger partial charge in [0, 0.05) is 48.3 Å². The molecule has 0 bridgehead atoms. The normalized spacial score (nSPS) is 13.7. The van der Waals surface area contributed by atoms with E-state index in [1.807, 2.05) is 54.6 Å². The maximum atomic E-state index is 13.8. The molecule has 39 heavy (non-hydrogen) atoms. The topological polar surface area (TPSA) is 59.8 Å². The van der Waals surface area contributed by atoms with E-state index in [1.54, 1.807) is 25.1 Å². The predicted molar refractivity (Wildman–Crippen MR) is 153 cm³/mol. The first-order valence-electron chi connectivity index (χ1n) is 12.9. The van der Waals surface area contributed by atoms with Gasteiger partial charge in [0.05, 0.1) is 38.0 Å². The first-order valence-corrected chi connectivity index (χ1v) is 12.9. The summed E-state index contributed by atoms with van der Waals surface area (Å²) in [5.74, 6) is 1.02. The van der Waals surface area contributed by atoms with Crippen molar-refractivity contribution in [3.05, 3.63) is 101 Å². The monoisotopic (exact) mass is 524 g/mol. The molecular weight excluding hydrogens is 495 g/mol. The van der Waals surface area contributed by atoms with Crippen molar-refractivity contribution in [3.63, 3.8) is 0 Å². The zero-order chi connectivity index (χ0) is 26.9. The minimum atomic E-state index is -0.231. The fourth-order valence-electron chi connectivity index (χ4n) is 5.38. The molecule has 2 heterocycles. The Labute approximate surface area is 225 Å². The number of hydrogen-bond donors (Lipinski definition) is 0. The second-order valence-electron chi connectivity index (χ2n) is 9.65. The number of methoxy groups -OCH3 is 2. The highest BCUT2D eigenvalue weighted by atomic mass is 19.1. The lowest BCUT2D eigenvalue weighted by Crippen LogP contribution is -2.46. The minimum absolute atomic E-state index is 0.0910. The molecule has 1 fully saturated rings. The second kappa shape index (κ2) is 10.3. The third-order valence-electron chi connectivity index (χ3n) is 7.42. The largest absolute Gasteiger partial charge is 0.493 e. The van der Waals surface area contributed by atoms with E-state index in [1.165, 1.54) is 12.1 Å². The number of ether oxygens (including phenoxy) is 2. The molecule has 0 radical (unpaired) electrons. The molecule has 7 nitrogen and oxygen atoms in total. The van der Waals surface area contributed by atoms with Crippen LogP contribution in [0.2, 0.25) is 0 Å². The van der Waals surface area contributed by atoms with Gasteiger partial charge >= 0.3 is 0 Å². The van der Waals surface area contributed by atoms with Gasteiger partial charge in [0.2, 0.25) is 0 Å². The third-order valence-corrected chi connectivity index (χ3v) is 7.42. The molecule has 6 rings (SSSR count). The predicted octanol–water partition coefficient (Wildman–Crippen LogP) is 5.08. The number of halogens is 1. The number of anilines is 2. The van der Waals surface area contributed by atoms with Crippen molar-refractivity contribution in [1.82, 2.24) is 9.55 Å². The molecule has 5 aromatic rings. The fourth-order valence-corrected chi connectivity index (χ4v) is 5.38. The summed E-state index contributed by atoms with van der Waals surface area (Å²) in [5.41, 5.74) is 3.56. The van der Waals surface area contributed by atoms with Crippen LogP contribution in [-0.4, -0.2) is 49.9 Å². The molecule has 198 valence electrons. The van der Waals surface area contributed by atoms with E-state index in [0.717, 1.165) is 53.9 Å². The molecule has 0 amide bonds. The maximum absolute atomic E-state index is 13.8. The van der Waals surface area contributed by atoms with Crippen LogP contribution in [0.3, 0.4) is 0 Å². The van der Waals surface area contributed by atoms with Gasteiger partial charge in [-0.3, -0.25) is 9.36 Å². The smallest absolute Gasteiger partial charge is 0.261 e. The zero-order valence-electron chi connectivity index (χ0n) is 21.9.